The predicted octanol–water partition coefficient (Wildman–Crippen LogP) is 1.03. The van der Waals surface area contributed by atoms with E-state index < -0.39 is 5.97 Å². The van der Waals surface area contributed by atoms with Gasteiger partial charge < -0.3 is 15.2 Å². The van der Waals surface area contributed by atoms with E-state index in [1.807, 2.05) is 6.20 Å². The van der Waals surface area contributed by atoms with Crippen molar-refractivity contribution in [1.29, 1.82) is 0 Å². The molecule has 0 spiro atoms. The van der Waals surface area contributed by atoms with Crippen molar-refractivity contribution in [2.24, 2.45) is 0 Å². The van der Waals surface area contributed by atoms with Gasteiger partial charge in [-0.25, -0.2) is 4.79 Å². The van der Waals surface area contributed by atoms with Gasteiger partial charge in [0.05, 0.1) is 11.8 Å². The fraction of sp³-hybridized carbons (Fsp3) is 0.357. The lowest BCUT2D eigenvalue weighted by atomic mass is 10.2. The second-order valence-electron chi connectivity index (χ2n) is 4.45. The molecular weight excluding hydrogens is 272 g/mol. The van der Waals surface area contributed by atoms with Gasteiger partial charge in [-0.1, -0.05) is 5.21 Å². The SMILES string of the molecule is O=C(O)c1ccc(OCCNCCCn2ccnn2)cc1. The summed E-state index contributed by atoms with van der Waals surface area (Å²) in [7, 11) is 0. The largest absolute Gasteiger partial charge is 0.492 e. The fourth-order valence-electron chi connectivity index (χ4n) is 1.78. The van der Waals surface area contributed by atoms with Crippen LogP contribution in [0.3, 0.4) is 0 Å². The van der Waals surface area contributed by atoms with E-state index in [9.17, 15) is 4.79 Å². The first-order valence-electron chi connectivity index (χ1n) is 6.76. The summed E-state index contributed by atoms with van der Waals surface area (Å²) >= 11 is 0. The van der Waals surface area contributed by atoms with Crippen molar-refractivity contribution in [1.82, 2.24) is 20.3 Å². The molecule has 0 radical (unpaired) electrons. The van der Waals surface area contributed by atoms with E-state index in [0.29, 0.717) is 12.4 Å². The van der Waals surface area contributed by atoms with Crippen molar-refractivity contribution < 1.29 is 14.6 Å². The van der Waals surface area contributed by atoms with Crippen LogP contribution < -0.4 is 10.1 Å². The summed E-state index contributed by atoms with van der Waals surface area (Å²) in [4.78, 5) is 10.7. The van der Waals surface area contributed by atoms with Crippen LogP contribution >= 0.6 is 0 Å². The van der Waals surface area contributed by atoms with Crippen molar-refractivity contribution in [3.8, 4) is 5.75 Å². The number of nitrogens with zero attached hydrogens (tertiary/aromatic N) is 3. The number of carboxylic acid groups (broad SMARTS) is 1. The molecule has 1 aromatic heterocycles. The standard InChI is InChI=1S/C14H18N4O3/c19-14(20)12-2-4-13(5-3-12)21-11-8-15-6-1-9-18-10-7-16-17-18/h2-5,7,10,15H,1,6,8-9,11H2,(H,19,20). The van der Waals surface area contributed by atoms with Gasteiger partial charge in [-0.05, 0) is 37.2 Å². The van der Waals surface area contributed by atoms with Crippen LogP contribution in [0.25, 0.3) is 0 Å². The molecule has 0 amide bonds. The van der Waals surface area contributed by atoms with Crippen LogP contribution in [0.5, 0.6) is 5.75 Å². The molecule has 0 aliphatic carbocycles. The summed E-state index contributed by atoms with van der Waals surface area (Å²) in [6, 6.07) is 6.38. The first kappa shape index (κ1) is 15.0. The number of hydrogen-bond acceptors (Lipinski definition) is 5. The molecule has 1 heterocycles. The molecule has 112 valence electrons. The third kappa shape index (κ3) is 5.23. The monoisotopic (exact) mass is 290 g/mol. The van der Waals surface area contributed by atoms with Crippen LogP contribution in [0.15, 0.2) is 36.7 Å². The lowest BCUT2D eigenvalue weighted by molar-refractivity contribution is 0.0697. The summed E-state index contributed by atoms with van der Waals surface area (Å²) < 4.78 is 7.30. The van der Waals surface area contributed by atoms with Gasteiger partial charge >= 0.3 is 5.97 Å². The summed E-state index contributed by atoms with van der Waals surface area (Å²) in [5.74, 6) is -0.264. The molecule has 2 N–H and O–H groups in total. The fourth-order valence-corrected chi connectivity index (χ4v) is 1.78. The molecule has 1 aromatic carbocycles. The Balaban J connectivity index is 1.54. The number of aromatic nitrogens is 3. The second kappa shape index (κ2) is 8.01. The Hall–Kier alpha value is -2.41. The Morgan fingerprint density at radius 3 is 2.76 bits per heavy atom. The zero-order valence-electron chi connectivity index (χ0n) is 11.6. The lowest BCUT2D eigenvalue weighted by Crippen LogP contribution is -2.23. The van der Waals surface area contributed by atoms with Gasteiger partial charge in [0.2, 0.25) is 0 Å². The molecule has 0 fully saturated rings. The molecule has 2 aromatic rings. The third-order valence-electron chi connectivity index (χ3n) is 2.86. The van der Waals surface area contributed by atoms with E-state index in [2.05, 4.69) is 15.6 Å². The molecule has 2 rings (SSSR count). The van der Waals surface area contributed by atoms with Gasteiger partial charge in [0.1, 0.15) is 12.4 Å². The molecule has 7 nitrogen and oxygen atoms in total. The van der Waals surface area contributed by atoms with Crippen molar-refractivity contribution in [2.75, 3.05) is 19.7 Å². The topological polar surface area (TPSA) is 89.3 Å². The van der Waals surface area contributed by atoms with Crippen LogP contribution in [-0.4, -0.2) is 45.8 Å². The van der Waals surface area contributed by atoms with Gasteiger partial charge in [0.15, 0.2) is 0 Å². The molecule has 0 saturated carbocycles. The van der Waals surface area contributed by atoms with Crippen LogP contribution in [0, 0.1) is 0 Å². The minimum absolute atomic E-state index is 0.258. The molecule has 21 heavy (non-hydrogen) atoms. The number of aromatic carboxylic acids is 1. The van der Waals surface area contributed by atoms with Gasteiger partial charge in [-0.2, -0.15) is 0 Å². The van der Waals surface area contributed by atoms with Crippen molar-refractivity contribution in [3.63, 3.8) is 0 Å². The highest BCUT2D eigenvalue weighted by atomic mass is 16.5. The predicted molar refractivity (Wildman–Crippen MR) is 76.4 cm³/mol. The minimum atomic E-state index is -0.935. The number of carboxylic acids is 1. The molecular formula is C14H18N4O3. The summed E-state index contributed by atoms with van der Waals surface area (Å²) in [5, 5.41) is 19.7. The van der Waals surface area contributed by atoms with Crippen molar-refractivity contribution in [2.45, 2.75) is 13.0 Å². The Kier molecular flexibility index (Phi) is 5.71. The second-order valence-corrected chi connectivity index (χ2v) is 4.45. The summed E-state index contributed by atoms with van der Waals surface area (Å²) in [6.07, 6.45) is 4.47. The molecule has 7 heteroatoms. The van der Waals surface area contributed by atoms with Gasteiger partial charge in [-0.3, -0.25) is 4.68 Å². The first-order valence-corrected chi connectivity index (χ1v) is 6.76. The number of hydrogen-bond donors (Lipinski definition) is 2. The Labute approximate surface area is 122 Å². The van der Waals surface area contributed by atoms with Gasteiger partial charge in [-0.15, -0.1) is 5.10 Å². The van der Waals surface area contributed by atoms with Crippen molar-refractivity contribution >= 4 is 5.97 Å². The van der Waals surface area contributed by atoms with Crippen molar-refractivity contribution in [3.05, 3.63) is 42.2 Å². The first-order chi connectivity index (χ1) is 10.3. The molecule has 0 atom stereocenters. The maximum Gasteiger partial charge on any atom is 0.335 e. The quantitative estimate of drug-likeness (QED) is 0.671. The average Bonchev–Trinajstić information content (AvgIpc) is 3.00. The number of nitrogens with one attached hydrogen (secondary N) is 1. The maximum absolute atomic E-state index is 10.7. The Bertz CT molecular complexity index is 540. The zero-order chi connectivity index (χ0) is 14.9. The van der Waals surface area contributed by atoms with E-state index in [-0.39, 0.29) is 5.56 Å². The van der Waals surface area contributed by atoms with Gasteiger partial charge in [0.25, 0.3) is 0 Å². The maximum atomic E-state index is 10.7. The lowest BCUT2D eigenvalue weighted by Gasteiger charge is -2.07. The van der Waals surface area contributed by atoms with Crippen LogP contribution in [0.2, 0.25) is 0 Å². The van der Waals surface area contributed by atoms with Crippen LogP contribution in [-0.2, 0) is 6.54 Å². The van der Waals surface area contributed by atoms with E-state index in [0.717, 1.165) is 26.1 Å². The number of aryl methyl sites for hydroxylation is 1. The normalized spacial score (nSPS) is 10.5. The smallest absolute Gasteiger partial charge is 0.335 e. The van der Waals surface area contributed by atoms with E-state index >= 15 is 0 Å². The highest BCUT2D eigenvalue weighted by molar-refractivity contribution is 5.87. The summed E-state index contributed by atoms with van der Waals surface area (Å²) in [5.41, 5.74) is 0.258. The molecule has 0 unspecified atom stereocenters. The van der Waals surface area contributed by atoms with E-state index in [1.54, 1.807) is 23.0 Å². The number of benzene rings is 1. The van der Waals surface area contributed by atoms with Crippen LogP contribution in [0.1, 0.15) is 16.8 Å². The zero-order valence-corrected chi connectivity index (χ0v) is 11.6. The minimum Gasteiger partial charge on any atom is -0.492 e. The number of carbonyl (C=O) groups is 1. The Morgan fingerprint density at radius 1 is 1.29 bits per heavy atom. The highest BCUT2D eigenvalue weighted by Crippen LogP contribution is 2.11. The number of ether oxygens (including phenoxy) is 1. The number of rotatable bonds is 9. The molecule has 0 bridgehead atoms. The van der Waals surface area contributed by atoms with Crippen LogP contribution in [0.4, 0.5) is 0 Å². The average molecular weight is 290 g/mol. The Morgan fingerprint density at radius 2 is 2.10 bits per heavy atom. The molecule has 0 aliphatic rings. The van der Waals surface area contributed by atoms with Gasteiger partial charge in [0, 0.05) is 19.3 Å². The highest BCUT2D eigenvalue weighted by Gasteiger charge is 2.01. The molecule has 0 aliphatic heterocycles. The molecule has 0 saturated heterocycles. The summed E-state index contributed by atoms with van der Waals surface area (Å²) in [6.45, 7) is 2.99. The third-order valence-corrected chi connectivity index (χ3v) is 2.86. The van der Waals surface area contributed by atoms with E-state index in [4.69, 9.17) is 9.84 Å². The van der Waals surface area contributed by atoms with E-state index in [1.165, 1.54) is 12.1 Å².